The summed E-state index contributed by atoms with van der Waals surface area (Å²) < 4.78 is 11.1. The molecule has 20 heavy (non-hydrogen) atoms. The predicted octanol–water partition coefficient (Wildman–Crippen LogP) is 3.48. The van der Waals surface area contributed by atoms with Gasteiger partial charge in [0.2, 0.25) is 0 Å². The normalized spacial score (nSPS) is 13.4. The maximum atomic E-state index is 6.04. The molecular weight excluding hydrogens is 250 g/mol. The van der Waals surface area contributed by atoms with Crippen LogP contribution in [0, 0.1) is 6.92 Å². The van der Waals surface area contributed by atoms with E-state index in [1.807, 2.05) is 0 Å². The standard InChI is InChI=1S/C17H29NO2/c1-14-8-6-9-15(12-14)16(13-18-17(2,3)4)20-11-7-10-19-5/h6,8-9,12,16,18H,7,10-11,13H2,1-5H3. The van der Waals surface area contributed by atoms with Crippen LogP contribution in [0.3, 0.4) is 0 Å². The second kappa shape index (κ2) is 8.40. The summed E-state index contributed by atoms with van der Waals surface area (Å²) >= 11 is 0. The van der Waals surface area contributed by atoms with E-state index >= 15 is 0 Å². The highest BCUT2D eigenvalue weighted by Gasteiger charge is 2.16. The maximum Gasteiger partial charge on any atom is 0.0949 e. The van der Waals surface area contributed by atoms with Crippen LogP contribution in [0.5, 0.6) is 0 Å². The van der Waals surface area contributed by atoms with Gasteiger partial charge in [-0.15, -0.1) is 0 Å². The Morgan fingerprint density at radius 1 is 1.20 bits per heavy atom. The van der Waals surface area contributed by atoms with Gasteiger partial charge in [0.25, 0.3) is 0 Å². The lowest BCUT2D eigenvalue weighted by Gasteiger charge is -2.26. The first-order valence-electron chi connectivity index (χ1n) is 7.34. The third-order valence-electron chi connectivity index (χ3n) is 3.04. The first-order chi connectivity index (χ1) is 9.42. The Bertz CT molecular complexity index is 385. The summed E-state index contributed by atoms with van der Waals surface area (Å²) in [6.07, 6.45) is 1.01. The molecule has 1 unspecified atom stereocenters. The third kappa shape index (κ3) is 7.04. The van der Waals surface area contributed by atoms with E-state index in [1.165, 1.54) is 11.1 Å². The number of nitrogens with one attached hydrogen (secondary N) is 1. The average molecular weight is 279 g/mol. The molecule has 0 aromatic heterocycles. The number of aryl methyl sites for hydroxylation is 1. The lowest BCUT2D eigenvalue weighted by molar-refractivity contribution is 0.0353. The summed E-state index contributed by atoms with van der Waals surface area (Å²) in [7, 11) is 1.72. The molecule has 1 aromatic carbocycles. The minimum atomic E-state index is 0.0889. The number of benzene rings is 1. The van der Waals surface area contributed by atoms with Crippen molar-refractivity contribution in [3.8, 4) is 0 Å². The fourth-order valence-corrected chi connectivity index (χ4v) is 1.97. The molecule has 0 heterocycles. The number of methoxy groups -OCH3 is 1. The van der Waals surface area contributed by atoms with Gasteiger partial charge in [-0.2, -0.15) is 0 Å². The molecule has 3 heteroatoms. The van der Waals surface area contributed by atoms with Crippen LogP contribution >= 0.6 is 0 Å². The monoisotopic (exact) mass is 279 g/mol. The van der Waals surface area contributed by atoms with Crippen LogP contribution in [-0.2, 0) is 9.47 Å². The molecule has 0 aliphatic heterocycles. The minimum Gasteiger partial charge on any atom is -0.385 e. The van der Waals surface area contributed by atoms with E-state index in [2.05, 4.69) is 57.3 Å². The molecule has 1 rings (SSSR count). The quantitative estimate of drug-likeness (QED) is 0.739. The Morgan fingerprint density at radius 3 is 2.55 bits per heavy atom. The van der Waals surface area contributed by atoms with E-state index in [-0.39, 0.29) is 11.6 Å². The summed E-state index contributed by atoms with van der Waals surface area (Å²) in [6.45, 7) is 10.9. The molecule has 1 N–H and O–H groups in total. The second-order valence-corrected chi connectivity index (χ2v) is 6.25. The first-order valence-corrected chi connectivity index (χ1v) is 7.34. The lowest BCUT2D eigenvalue weighted by atomic mass is 10.0. The van der Waals surface area contributed by atoms with Crippen molar-refractivity contribution >= 4 is 0 Å². The highest BCUT2D eigenvalue weighted by atomic mass is 16.5. The van der Waals surface area contributed by atoms with Crippen LogP contribution in [0.15, 0.2) is 24.3 Å². The van der Waals surface area contributed by atoms with Crippen LogP contribution in [-0.4, -0.2) is 32.4 Å². The molecule has 0 aliphatic carbocycles. The fraction of sp³-hybridized carbons (Fsp3) is 0.647. The van der Waals surface area contributed by atoms with Crippen molar-refractivity contribution in [3.05, 3.63) is 35.4 Å². The molecule has 0 fully saturated rings. The largest absolute Gasteiger partial charge is 0.385 e. The molecule has 114 valence electrons. The van der Waals surface area contributed by atoms with Gasteiger partial charge in [0.05, 0.1) is 6.10 Å². The fourth-order valence-electron chi connectivity index (χ4n) is 1.97. The Hall–Kier alpha value is -0.900. The Kier molecular flexibility index (Phi) is 7.20. The van der Waals surface area contributed by atoms with E-state index in [4.69, 9.17) is 9.47 Å². The molecule has 0 saturated carbocycles. The lowest BCUT2D eigenvalue weighted by Crippen LogP contribution is -2.39. The maximum absolute atomic E-state index is 6.04. The van der Waals surface area contributed by atoms with Crippen molar-refractivity contribution in [1.29, 1.82) is 0 Å². The molecule has 0 radical (unpaired) electrons. The number of rotatable bonds is 8. The smallest absolute Gasteiger partial charge is 0.0949 e. The van der Waals surface area contributed by atoms with Crippen molar-refractivity contribution in [3.63, 3.8) is 0 Å². The molecule has 3 nitrogen and oxygen atoms in total. The van der Waals surface area contributed by atoms with Crippen LogP contribution < -0.4 is 5.32 Å². The summed E-state index contributed by atoms with van der Waals surface area (Å²) in [6, 6.07) is 8.54. The van der Waals surface area contributed by atoms with Crippen molar-refractivity contribution in [1.82, 2.24) is 5.32 Å². The number of hydrogen-bond donors (Lipinski definition) is 1. The van der Waals surface area contributed by atoms with E-state index in [0.29, 0.717) is 0 Å². The summed E-state index contributed by atoms with van der Waals surface area (Å²) in [5.41, 5.74) is 2.60. The summed E-state index contributed by atoms with van der Waals surface area (Å²) in [4.78, 5) is 0. The summed E-state index contributed by atoms with van der Waals surface area (Å²) in [5, 5.41) is 3.52. The SMILES string of the molecule is COCCCOC(CNC(C)(C)C)c1cccc(C)c1. The zero-order valence-electron chi connectivity index (χ0n) is 13.5. The molecule has 1 aromatic rings. The van der Waals surface area contributed by atoms with Crippen LogP contribution in [0.1, 0.15) is 44.4 Å². The Morgan fingerprint density at radius 2 is 1.95 bits per heavy atom. The molecule has 0 aliphatic rings. The number of hydrogen-bond acceptors (Lipinski definition) is 3. The van der Waals surface area contributed by atoms with Gasteiger partial charge >= 0.3 is 0 Å². The highest BCUT2D eigenvalue weighted by Crippen LogP contribution is 2.19. The van der Waals surface area contributed by atoms with Crippen LogP contribution in [0.25, 0.3) is 0 Å². The zero-order chi connectivity index (χ0) is 15.0. The Balaban J connectivity index is 2.63. The van der Waals surface area contributed by atoms with Crippen molar-refractivity contribution in [2.75, 3.05) is 26.9 Å². The molecular formula is C17H29NO2. The van der Waals surface area contributed by atoms with Gasteiger partial charge in [-0.3, -0.25) is 0 Å². The van der Waals surface area contributed by atoms with Crippen molar-refractivity contribution in [2.24, 2.45) is 0 Å². The van der Waals surface area contributed by atoms with Gasteiger partial charge < -0.3 is 14.8 Å². The first kappa shape index (κ1) is 17.2. The highest BCUT2D eigenvalue weighted by molar-refractivity contribution is 5.24. The average Bonchev–Trinajstić information content (AvgIpc) is 2.36. The second-order valence-electron chi connectivity index (χ2n) is 6.25. The minimum absolute atomic E-state index is 0.0889. The van der Waals surface area contributed by atoms with E-state index < -0.39 is 0 Å². The Labute approximate surface area is 123 Å². The summed E-state index contributed by atoms with van der Waals surface area (Å²) in [5.74, 6) is 0. The van der Waals surface area contributed by atoms with Crippen molar-refractivity contribution in [2.45, 2.75) is 45.8 Å². The molecule has 0 bridgehead atoms. The van der Waals surface area contributed by atoms with Gasteiger partial charge in [0, 0.05) is 32.4 Å². The third-order valence-corrected chi connectivity index (χ3v) is 3.04. The van der Waals surface area contributed by atoms with Crippen LogP contribution in [0.4, 0.5) is 0 Å². The van der Waals surface area contributed by atoms with Gasteiger partial charge in [0.1, 0.15) is 0 Å². The van der Waals surface area contributed by atoms with E-state index in [9.17, 15) is 0 Å². The van der Waals surface area contributed by atoms with Crippen LogP contribution in [0.2, 0.25) is 0 Å². The van der Waals surface area contributed by atoms with E-state index in [1.54, 1.807) is 7.11 Å². The van der Waals surface area contributed by atoms with Gasteiger partial charge in [-0.1, -0.05) is 29.8 Å². The van der Waals surface area contributed by atoms with E-state index in [0.717, 1.165) is 26.2 Å². The van der Waals surface area contributed by atoms with Gasteiger partial charge in [-0.05, 0) is 39.7 Å². The molecule has 0 amide bonds. The molecule has 1 atom stereocenters. The van der Waals surface area contributed by atoms with Gasteiger partial charge in [-0.25, -0.2) is 0 Å². The molecule has 0 saturated heterocycles. The zero-order valence-corrected chi connectivity index (χ0v) is 13.5. The van der Waals surface area contributed by atoms with Gasteiger partial charge in [0.15, 0.2) is 0 Å². The predicted molar refractivity (Wildman–Crippen MR) is 84.1 cm³/mol. The van der Waals surface area contributed by atoms with Crippen molar-refractivity contribution < 1.29 is 9.47 Å². The number of ether oxygens (including phenoxy) is 2. The molecule has 0 spiro atoms. The topological polar surface area (TPSA) is 30.5 Å².